The van der Waals surface area contributed by atoms with Crippen LogP contribution in [-0.2, 0) is 9.59 Å². The fourth-order valence-corrected chi connectivity index (χ4v) is 0.834. The van der Waals surface area contributed by atoms with E-state index in [-0.39, 0.29) is 17.3 Å². The van der Waals surface area contributed by atoms with Crippen LogP contribution in [0.1, 0.15) is 19.3 Å². The molecule has 0 atom stereocenters. The summed E-state index contributed by atoms with van der Waals surface area (Å²) < 4.78 is 0. The summed E-state index contributed by atoms with van der Waals surface area (Å²) in [5.41, 5.74) is -0.0544. The van der Waals surface area contributed by atoms with Crippen LogP contribution in [0, 0.1) is 0 Å². The summed E-state index contributed by atoms with van der Waals surface area (Å²) in [7, 11) is 0. The number of hydrogen-bond donors (Lipinski definition) is 1. The third-order valence-electron chi connectivity index (χ3n) is 1.41. The molecular weight excluding hydrogens is 118 g/mol. The van der Waals surface area contributed by atoms with E-state index in [1.165, 1.54) is 0 Å². The molecule has 3 heteroatoms. The molecule has 0 heterocycles. The van der Waals surface area contributed by atoms with Crippen molar-refractivity contribution >= 4 is 17.3 Å². The van der Waals surface area contributed by atoms with Gasteiger partial charge in [-0.15, -0.1) is 0 Å². The van der Waals surface area contributed by atoms with E-state index in [0.29, 0.717) is 19.3 Å². The Balaban J connectivity index is 2.74. The van der Waals surface area contributed by atoms with E-state index in [9.17, 15) is 9.59 Å². The van der Waals surface area contributed by atoms with Crippen molar-refractivity contribution in [1.82, 2.24) is 0 Å². The fraction of sp³-hybridized carbons (Fsp3) is 0.500. The minimum atomic E-state index is -0.189. The molecule has 0 unspecified atom stereocenters. The van der Waals surface area contributed by atoms with Gasteiger partial charge in [0.2, 0.25) is 11.6 Å². The molecule has 2 N–H and O–H groups in total. The van der Waals surface area contributed by atoms with Crippen molar-refractivity contribution in [3.05, 3.63) is 0 Å². The van der Waals surface area contributed by atoms with Crippen molar-refractivity contribution in [3.63, 3.8) is 0 Å². The molecule has 1 aliphatic carbocycles. The van der Waals surface area contributed by atoms with Crippen molar-refractivity contribution in [2.24, 2.45) is 0 Å². The molecule has 1 aliphatic rings. The highest BCUT2D eigenvalue weighted by molar-refractivity contribution is 6.64. The third-order valence-corrected chi connectivity index (χ3v) is 1.41. The molecular formula is C6H8NO2+. The average Bonchev–Trinajstić information content (AvgIpc) is 1.83. The molecule has 3 nitrogen and oxygen atoms in total. The van der Waals surface area contributed by atoms with Gasteiger partial charge in [-0.1, -0.05) is 0 Å². The van der Waals surface area contributed by atoms with Crippen LogP contribution >= 0.6 is 0 Å². The van der Waals surface area contributed by atoms with E-state index in [0.717, 1.165) is 0 Å². The summed E-state index contributed by atoms with van der Waals surface area (Å²) in [5.74, 6) is -0.377. The summed E-state index contributed by atoms with van der Waals surface area (Å²) in [6.07, 6.45) is 1.55. The smallest absolute Gasteiger partial charge is 0.283 e. The first-order chi connectivity index (χ1) is 4.22. The molecule has 0 saturated heterocycles. The van der Waals surface area contributed by atoms with Crippen molar-refractivity contribution in [3.8, 4) is 0 Å². The molecule has 1 fully saturated rings. The predicted molar refractivity (Wildman–Crippen MR) is 30.8 cm³/mol. The minimum Gasteiger partial charge on any atom is -0.287 e. The maximum absolute atomic E-state index is 10.6. The number of rotatable bonds is 0. The summed E-state index contributed by atoms with van der Waals surface area (Å²) in [4.78, 5) is 21.2. The lowest BCUT2D eigenvalue weighted by molar-refractivity contribution is -0.145. The quantitative estimate of drug-likeness (QED) is 0.430. The summed E-state index contributed by atoms with van der Waals surface area (Å²) in [6, 6.07) is 0. The van der Waals surface area contributed by atoms with Crippen LogP contribution in [0.15, 0.2) is 0 Å². The summed E-state index contributed by atoms with van der Waals surface area (Å²) in [5, 5.41) is 5.14. The van der Waals surface area contributed by atoms with Gasteiger partial charge in [0.25, 0.3) is 5.71 Å². The van der Waals surface area contributed by atoms with E-state index >= 15 is 0 Å². The van der Waals surface area contributed by atoms with Gasteiger partial charge < -0.3 is 0 Å². The Labute approximate surface area is 52.6 Å². The third kappa shape index (κ3) is 1.04. The maximum Gasteiger partial charge on any atom is 0.283 e. The molecule has 0 radical (unpaired) electrons. The summed E-state index contributed by atoms with van der Waals surface area (Å²) >= 11 is 0. The van der Waals surface area contributed by atoms with E-state index < -0.39 is 0 Å². The Kier molecular flexibility index (Phi) is 1.42. The molecule has 0 spiro atoms. The lowest BCUT2D eigenvalue weighted by atomic mass is 9.96. The first kappa shape index (κ1) is 6.13. The van der Waals surface area contributed by atoms with E-state index in [4.69, 9.17) is 5.41 Å². The molecule has 0 aromatic rings. The van der Waals surface area contributed by atoms with Crippen LogP contribution in [0.25, 0.3) is 0 Å². The highest BCUT2D eigenvalue weighted by Gasteiger charge is 2.27. The van der Waals surface area contributed by atoms with Gasteiger partial charge in [-0.3, -0.25) is 9.59 Å². The van der Waals surface area contributed by atoms with Gasteiger partial charge >= 0.3 is 0 Å². The number of carbonyl (C=O) groups excluding carboxylic acids is 2. The van der Waals surface area contributed by atoms with Crippen molar-refractivity contribution in [2.75, 3.05) is 0 Å². The lowest BCUT2D eigenvalue weighted by Gasteiger charge is -2.02. The van der Waals surface area contributed by atoms with Gasteiger partial charge in [0.15, 0.2) is 0 Å². The highest BCUT2D eigenvalue weighted by Crippen LogP contribution is 2.05. The predicted octanol–water partition coefficient (Wildman–Crippen LogP) is -1.49. The fourth-order valence-electron chi connectivity index (χ4n) is 0.834. The zero-order valence-corrected chi connectivity index (χ0v) is 5.02. The zero-order chi connectivity index (χ0) is 6.85. The van der Waals surface area contributed by atoms with Crippen LogP contribution in [0.3, 0.4) is 0 Å². The van der Waals surface area contributed by atoms with Gasteiger partial charge in [-0.25, -0.2) is 5.41 Å². The van der Waals surface area contributed by atoms with Crippen LogP contribution < -0.4 is 5.41 Å². The first-order valence-electron chi connectivity index (χ1n) is 2.90. The van der Waals surface area contributed by atoms with E-state index in [1.54, 1.807) is 0 Å². The van der Waals surface area contributed by atoms with Crippen LogP contribution in [0.5, 0.6) is 0 Å². The number of nitrogens with two attached hydrogens (primary N) is 1. The molecule has 0 aromatic heterocycles. The largest absolute Gasteiger partial charge is 0.287 e. The van der Waals surface area contributed by atoms with Crippen LogP contribution in [-0.4, -0.2) is 17.3 Å². The molecule has 1 rings (SSSR count). The van der Waals surface area contributed by atoms with Gasteiger partial charge in [-0.05, 0) is 6.42 Å². The average molecular weight is 126 g/mol. The SMILES string of the molecule is [NH2+]=C1C(=O)CCCC1=O. The van der Waals surface area contributed by atoms with Gasteiger partial charge in [0, 0.05) is 12.8 Å². The second-order valence-electron chi connectivity index (χ2n) is 2.11. The normalized spacial score (nSPS) is 20.7. The minimum absolute atomic E-state index is 0.0544. The number of hydrogen-bond acceptors (Lipinski definition) is 2. The molecule has 0 aromatic carbocycles. The molecule has 0 aliphatic heterocycles. The molecule has 0 bridgehead atoms. The number of carbonyl (C=O) groups is 2. The molecule has 9 heavy (non-hydrogen) atoms. The highest BCUT2D eigenvalue weighted by atomic mass is 16.2. The monoisotopic (exact) mass is 126 g/mol. The lowest BCUT2D eigenvalue weighted by Crippen LogP contribution is -2.51. The van der Waals surface area contributed by atoms with Crippen LogP contribution in [0.4, 0.5) is 0 Å². The Morgan fingerprint density at radius 2 is 1.56 bits per heavy atom. The van der Waals surface area contributed by atoms with Crippen molar-refractivity contribution in [1.29, 1.82) is 0 Å². The second-order valence-corrected chi connectivity index (χ2v) is 2.11. The Bertz CT molecular complexity index is 165. The Morgan fingerprint density at radius 3 is 1.89 bits per heavy atom. The standard InChI is InChI=1S/C6H7NO2/c7-6-4(8)2-1-3-5(6)9/h7H,1-3H2/p+1. The Hall–Kier alpha value is -0.990. The number of Topliss-reactive ketones (excluding diaryl/α,β-unsaturated/α-hetero) is 2. The van der Waals surface area contributed by atoms with Gasteiger partial charge in [0.05, 0.1) is 0 Å². The van der Waals surface area contributed by atoms with Crippen LogP contribution in [0.2, 0.25) is 0 Å². The maximum atomic E-state index is 10.6. The number of ketones is 2. The second kappa shape index (κ2) is 2.09. The molecule has 1 saturated carbocycles. The van der Waals surface area contributed by atoms with E-state index in [1.807, 2.05) is 0 Å². The molecule has 48 valence electrons. The van der Waals surface area contributed by atoms with Gasteiger partial charge in [0.1, 0.15) is 0 Å². The first-order valence-corrected chi connectivity index (χ1v) is 2.90. The molecule has 0 amide bonds. The summed E-state index contributed by atoms with van der Waals surface area (Å²) in [6.45, 7) is 0. The zero-order valence-electron chi connectivity index (χ0n) is 5.02. The van der Waals surface area contributed by atoms with Crippen molar-refractivity contribution < 1.29 is 15.0 Å². The topological polar surface area (TPSA) is 59.7 Å². The Morgan fingerprint density at radius 1 is 1.11 bits per heavy atom. The van der Waals surface area contributed by atoms with E-state index in [2.05, 4.69) is 0 Å². The van der Waals surface area contributed by atoms with Crippen molar-refractivity contribution in [2.45, 2.75) is 19.3 Å². The van der Waals surface area contributed by atoms with Gasteiger partial charge in [-0.2, -0.15) is 0 Å².